The Kier molecular flexibility index (Phi) is 11.9. The molecule has 2 heterocycles. The van der Waals surface area contributed by atoms with E-state index in [4.69, 9.17) is 4.74 Å². The van der Waals surface area contributed by atoms with Gasteiger partial charge in [-0.2, -0.15) is 0 Å². The van der Waals surface area contributed by atoms with E-state index in [2.05, 4.69) is 52.3 Å². The standard InChI is InChI=1S/C41H49N5O5.ClH/c1-26(45(2)41(50)51-25-34-32-16-7-5-14-30(32)31-15-6-8-17-33(31)34)38(47)44-37(28-20-22-42-23-21-28)40(49)46-24-10-19-36(46)39(48)43-35-18-9-12-27-11-3-4-13-29(27)35;/h3-8,11,13-17,26,28,34-37,42H,9-10,12,18-25H2,1-2H3,(H,43,48)(H,44,47);1H/t26?,35-,36?,37+;/m1./s1. The predicted octanol–water partition coefficient (Wildman–Crippen LogP) is 5.35. The van der Waals surface area contributed by atoms with Crippen molar-refractivity contribution in [2.75, 3.05) is 33.3 Å². The van der Waals surface area contributed by atoms with Crippen molar-refractivity contribution in [3.8, 4) is 11.1 Å². The second kappa shape index (κ2) is 16.5. The lowest BCUT2D eigenvalue weighted by Gasteiger charge is -2.36. The average molecular weight is 728 g/mol. The monoisotopic (exact) mass is 727 g/mol. The number of hydrogen-bond donors (Lipinski definition) is 3. The molecule has 0 bridgehead atoms. The van der Waals surface area contributed by atoms with Gasteiger partial charge in [-0.25, -0.2) is 4.79 Å². The largest absolute Gasteiger partial charge is 0.448 e. The Morgan fingerprint density at radius 2 is 1.50 bits per heavy atom. The van der Waals surface area contributed by atoms with Gasteiger partial charge in [0.2, 0.25) is 17.7 Å². The van der Waals surface area contributed by atoms with Crippen LogP contribution >= 0.6 is 12.4 Å². The Morgan fingerprint density at radius 1 is 0.865 bits per heavy atom. The minimum absolute atomic E-state index is 0. The third-order valence-corrected chi connectivity index (χ3v) is 11.5. The number of aryl methyl sites for hydroxylation is 1. The lowest BCUT2D eigenvalue weighted by Crippen LogP contribution is -2.59. The molecule has 2 fully saturated rings. The van der Waals surface area contributed by atoms with Crippen LogP contribution in [0.2, 0.25) is 0 Å². The smallest absolute Gasteiger partial charge is 0.410 e. The number of likely N-dealkylation sites (N-methyl/N-ethyl adjacent to an activating group) is 1. The first-order chi connectivity index (χ1) is 24.8. The molecular weight excluding hydrogens is 678 g/mol. The fourth-order valence-electron chi connectivity index (χ4n) is 8.52. The molecule has 7 rings (SSSR count). The van der Waals surface area contributed by atoms with Crippen LogP contribution in [-0.2, 0) is 25.5 Å². The highest BCUT2D eigenvalue weighted by atomic mass is 35.5. The van der Waals surface area contributed by atoms with E-state index in [1.165, 1.54) is 10.5 Å². The summed E-state index contributed by atoms with van der Waals surface area (Å²) in [5, 5.41) is 9.65. The number of amides is 4. The van der Waals surface area contributed by atoms with Crippen LogP contribution in [0.3, 0.4) is 0 Å². The molecule has 3 aromatic rings. The summed E-state index contributed by atoms with van der Waals surface area (Å²) >= 11 is 0. The number of rotatable bonds is 9. The molecule has 276 valence electrons. The number of benzene rings is 3. The molecule has 0 aromatic heterocycles. The van der Waals surface area contributed by atoms with Gasteiger partial charge in [-0.05, 0) is 104 Å². The van der Waals surface area contributed by atoms with Crippen molar-refractivity contribution >= 4 is 36.2 Å². The van der Waals surface area contributed by atoms with Gasteiger partial charge >= 0.3 is 6.09 Å². The van der Waals surface area contributed by atoms with Gasteiger partial charge in [0.05, 0.1) is 6.04 Å². The Morgan fingerprint density at radius 3 is 2.19 bits per heavy atom. The summed E-state index contributed by atoms with van der Waals surface area (Å²) in [6, 6.07) is 22.2. The fraction of sp³-hybridized carbons (Fsp3) is 0.463. The van der Waals surface area contributed by atoms with Crippen molar-refractivity contribution < 1.29 is 23.9 Å². The topological polar surface area (TPSA) is 120 Å². The normalized spacial score (nSPS) is 20.7. The summed E-state index contributed by atoms with van der Waals surface area (Å²) in [6.07, 6.45) is 5.01. The molecule has 52 heavy (non-hydrogen) atoms. The SMILES string of the molecule is CC(C(=O)N[C@H](C(=O)N1CCCC1C(=O)N[C@@H]1CCCc2ccccc21)C1CCNCC1)N(C)C(=O)OCC1c2ccccc2-c2ccccc21.Cl. The number of fused-ring (bicyclic) bond motifs is 4. The molecule has 4 atom stereocenters. The highest BCUT2D eigenvalue weighted by Gasteiger charge is 2.42. The molecule has 2 aliphatic heterocycles. The van der Waals surface area contributed by atoms with Gasteiger partial charge in [-0.3, -0.25) is 19.3 Å². The van der Waals surface area contributed by atoms with E-state index in [1.807, 2.05) is 36.4 Å². The van der Waals surface area contributed by atoms with Gasteiger partial charge in [0.25, 0.3) is 0 Å². The lowest BCUT2D eigenvalue weighted by atomic mass is 9.87. The molecule has 4 amide bonds. The van der Waals surface area contributed by atoms with Gasteiger partial charge in [-0.1, -0.05) is 72.8 Å². The highest BCUT2D eigenvalue weighted by Crippen LogP contribution is 2.44. The number of likely N-dealkylation sites (tertiary alicyclic amines) is 1. The lowest BCUT2D eigenvalue weighted by molar-refractivity contribution is -0.143. The summed E-state index contributed by atoms with van der Waals surface area (Å²) in [5.41, 5.74) is 6.92. The first-order valence-electron chi connectivity index (χ1n) is 18.6. The van der Waals surface area contributed by atoms with Crippen LogP contribution in [0.4, 0.5) is 4.79 Å². The third-order valence-electron chi connectivity index (χ3n) is 11.5. The van der Waals surface area contributed by atoms with E-state index in [0.29, 0.717) is 13.0 Å². The molecule has 2 aliphatic carbocycles. The maximum atomic E-state index is 14.4. The number of hydrogen-bond acceptors (Lipinski definition) is 6. The van der Waals surface area contributed by atoms with Crippen LogP contribution in [0.1, 0.15) is 79.7 Å². The van der Waals surface area contributed by atoms with Crippen molar-refractivity contribution in [1.82, 2.24) is 25.8 Å². The number of carbonyl (C=O) groups excluding carboxylic acids is 4. The van der Waals surface area contributed by atoms with Gasteiger partial charge < -0.3 is 25.6 Å². The number of halogens is 1. The van der Waals surface area contributed by atoms with E-state index < -0.39 is 30.1 Å². The number of nitrogens with one attached hydrogen (secondary N) is 3. The van der Waals surface area contributed by atoms with E-state index in [0.717, 1.165) is 79.4 Å². The zero-order valence-electron chi connectivity index (χ0n) is 30.0. The summed E-state index contributed by atoms with van der Waals surface area (Å²) in [6.45, 7) is 3.74. The van der Waals surface area contributed by atoms with E-state index in [-0.39, 0.29) is 48.7 Å². The minimum Gasteiger partial charge on any atom is -0.448 e. The first-order valence-corrected chi connectivity index (χ1v) is 18.6. The molecule has 2 unspecified atom stereocenters. The van der Waals surface area contributed by atoms with Crippen LogP contribution in [0, 0.1) is 5.92 Å². The number of ether oxygens (including phenoxy) is 1. The third kappa shape index (κ3) is 7.55. The number of piperidine rings is 1. The van der Waals surface area contributed by atoms with Crippen molar-refractivity contribution in [2.24, 2.45) is 5.92 Å². The van der Waals surface area contributed by atoms with Crippen LogP contribution < -0.4 is 16.0 Å². The van der Waals surface area contributed by atoms with Gasteiger partial charge in [-0.15, -0.1) is 12.4 Å². The van der Waals surface area contributed by atoms with Crippen LogP contribution in [0.25, 0.3) is 11.1 Å². The Bertz CT molecular complexity index is 1730. The number of nitrogens with zero attached hydrogens (tertiary/aromatic N) is 2. The molecule has 0 saturated carbocycles. The minimum atomic E-state index is -0.887. The fourth-order valence-corrected chi connectivity index (χ4v) is 8.52. The van der Waals surface area contributed by atoms with Crippen molar-refractivity contribution in [2.45, 2.75) is 82.0 Å². The van der Waals surface area contributed by atoms with Crippen LogP contribution in [0.15, 0.2) is 72.8 Å². The van der Waals surface area contributed by atoms with Crippen LogP contribution in [-0.4, -0.2) is 85.0 Å². The molecule has 10 nitrogen and oxygen atoms in total. The molecule has 4 aliphatic rings. The Balaban J connectivity index is 0.00000464. The Labute approximate surface area is 312 Å². The second-order valence-corrected chi connectivity index (χ2v) is 14.5. The maximum absolute atomic E-state index is 14.4. The summed E-state index contributed by atoms with van der Waals surface area (Å²) in [5.74, 6) is -0.986. The number of carbonyl (C=O) groups is 4. The molecule has 11 heteroatoms. The zero-order valence-corrected chi connectivity index (χ0v) is 30.8. The molecule has 0 radical (unpaired) electrons. The van der Waals surface area contributed by atoms with Crippen molar-refractivity contribution in [3.63, 3.8) is 0 Å². The summed E-state index contributed by atoms with van der Waals surface area (Å²) in [4.78, 5) is 58.3. The molecule has 0 spiro atoms. The average Bonchev–Trinajstić information content (AvgIpc) is 3.79. The Hall–Kier alpha value is -4.41. The zero-order chi connectivity index (χ0) is 35.5. The summed E-state index contributed by atoms with van der Waals surface area (Å²) < 4.78 is 5.83. The van der Waals surface area contributed by atoms with E-state index in [1.54, 1.807) is 18.9 Å². The maximum Gasteiger partial charge on any atom is 0.410 e. The highest BCUT2D eigenvalue weighted by molar-refractivity contribution is 5.94. The van der Waals surface area contributed by atoms with Gasteiger partial charge in [0, 0.05) is 19.5 Å². The first kappa shape index (κ1) is 37.4. The van der Waals surface area contributed by atoms with Gasteiger partial charge in [0.15, 0.2) is 0 Å². The molecule has 2 saturated heterocycles. The molecule has 3 N–H and O–H groups in total. The predicted molar refractivity (Wildman–Crippen MR) is 202 cm³/mol. The van der Waals surface area contributed by atoms with E-state index >= 15 is 0 Å². The van der Waals surface area contributed by atoms with Crippen molar-refractivity contribution in [3.05, 3.63) is 95.1 Å². The molecular formula is C41H50ClN5O5. The molecule has 3 aromatic carbocycles. The quantitative estimate of drug-likeness (QED) is 0.274. The summed E-state index contributed by atoms with van der Waals surface area (Å²) in [7, 11) is 1.55. The van der Waals surface area contributed by atoms with Gasteiger partial charge in [0.1, 0.15) is 24.7 Å². The van der Waals surface area contributed by atoms with E-state index in [9.17, 15) is 19.2 Å². The van der Waals surface area contributed by atoms with Crippen LogP contribution in [0.5, 0.6) is 0 Å². The second-order valence-electron chi connectivity index (χ2n) is 14.5. The van der Waals surface area contributed by atoms with Crippen molar-refractivity contribution in [1.29, 1.82) is 0 Å².